The number of rotatable bonds is 4. The molecule has 1 N–H and O–H groups in total. The average molecular weight is 316 g/mol. The van der Waals surface area contributed by atoms with E-state index in [-0.39, 0.29) is 6.10 Å². The smallest absolute Gasteiger partial charge is 0.174 e. The molecule has 1 aromatic carbocycles. The zero-order valence-corrected chi connectivity index (χ0v) is 12.2. The lowest BCUT2D eigenvalue weighted by Crippen LogP contribution is -2.33. The van der Waals surface area contributed by atoms with Crippen molar-refractivity contribution in [2.24, 2.45) is 0 Å². The normalized spacial score (nSPS) is 19.6. The van der Waals surface area contributed by atoms with Gasteiger partial charge in [-0.2, -0.15) is 0 Å². The number of hydrogen-bond donors (Lipinski definition) is 1. The highest BCUT2D eigenvalue weighted by molar-refractivity contribution is 9.10. The molecule has 0 bridgehead atoms. The summed E-state index contributed by atoms with van der Waals surface area (Å²) in [6.45, 7) is 5.03. The highest BCUT2D eigenvalue weighted by Gasteiger charge is 2.19. The Bertz CT molecular complexity index is 405. The minimum atomic E-state index is 0.0696. The van der Waals surface area contributed by atoms with Gasteiger partial charge < -0.3 is 19.5 Å². The van der Waals surface area contributed by atoms with Crippen molar-refractivity contribution >= 4 is 15.9 Å². The highest BCUT2D eigenvalue weighted by atomic mass is 79.9. The third-order valence-corrected chi connectivity index (χ3v) is 3.42. The average Bonchev–Trinajstić information content (AvgIpc) is 2.40. The van der Waals surface area contributed by atoms with Crippen LogP contribution < -0.4 is 14.8 Å². The van der Waals surface area contributed by atoms with Gasteiger partial charge in [-0.3, -0.25) is 0 Å². The van der Waals surface area contributed by atoms with Crippen molar-refractivity contribution in [3.63, 3.8) is 0 Å². The van der Waals surface area contributed by atoms with Crippen LogP contribution in [0.15, 0.2) is 16.6 Å². The van der Waals surface area contributed by atoms with Gasteiger partial charge in [0.25, 0.3) is 0 Å². The first-order valence-corrected chi connectivity index (χ1v) is 6.88. The second kappa shape index (κ2) is 6.41. The molecule has 1 aliphatic heterocycles. The summed E-state index contributed by atoms with van der Waals surface area (Å²) in [5.74, 6) is 1.47. The van der Waals surface area contributed by atoms with E-state index < -0.39 is 0 Å². The zero-order valence-electron chi connectivity index (χ0n) is 10.7. The maximum absolute atomic E-state index is 5.75. The molecule has 18 heavy (non-hydrogen) atoms. The number of nitrogens with one attached hydrogen (secondary N) is 1. The summed E-state index contributed by atoms with van der Waals surface area (Å²) in [7, 11) is 1.64. The molecule has 1 fully saturated rings. The number of hydrogen-bond acceptors (Lipinski definition) is 4. The van der Waals surface area contributed by atoms with Gasteiger partial charge in [-0.25, -0.2) is 0 Å². The molecule has 1 heterocycles. The fourth-order valence-electron chi connectivity index (χ4n) is 2.01. The SMILES string of the molecule is CCOc1cc(C2CNCCO2)cc(Br)c1OC. The summed E-state index contributed by atoms with van der Waals surface area (Å²) < 4.78 is 17.6. The second-order valence-electron chi connectivity index (χ2n) is 4.03. The van der Waals surface area contributed by atoms with Gasteiger partial charge in [0.1, 0.15) is 0 Å². The number of halogens is 1. The fourth-order valence-corrected chi connectivity index (χ4v) is 2.64. The Morgan fingerprint density at radius 1 is 1.50 bits per heavy atom. The van der Waals surface area contributed by atoms with Gasteiger partial charge in [0.2, 0.25) is 0 Å². The quantitative estimate of drug-likeness (QED) is 0.926. The summed E-state index contributed by atoms with van der Waals surface area (Å²) in [6.07, 6.45) is 0.0696. The third kappa shape index (κ3) is 2.96. The summed E-state index contributed by atoms with van der Waals surface area (Å²) >= 11 is 3.51. The lowest BCUT2D eigenvalue weighted by molar-refractivity contribution is 0.0275. The van der Waals surface area contributed by atoms with Crippen molar-refractivity contribution in [1.82, 2.24) is 5.32 Å². The van der Waals surface area contributed by atoms with E-state index in [1.165, 1.54) is 0 Å². The standard InChI is InChI=1S/C13H18BrNO3/c1-3-17-11-7-9(6-10(14)13(11)16-2)12-8-15-4-5-18-12/h6-7,12,15H,3-5,8H2,1-2H3. The topological polar surface area (TPSA) is 39.7 Å². The molecule has 1 unspecified atom stereocenters. The Morgan fingerprint density at radius 2 is 2.33 bits per heavy atom. The molecule has 2 rings (SSSR count). The first-order valence-electron chi connectivity index (χ1n) is 6.08. The van der Waals surface area contributed by atoms with Crippen LogP contribution in [0.25, 0.3) is 0 Å². The molecule has 0 spiro atoms. The zero-order chi connectivity index (χ0) is 13.0. The van der Waals surface area contributed by atoms with Crippen LogP contribution in [0.3, 0.4) is 0 Å². The molecule has 100 valence electrons. The van der Waals surface area contributed by atoms with Gasteiger partial charge in [0.15, 0.2) is 11.5 Å². The number of morpholine rings is 1. The van der Waals surface area contributed by atoms with Gasteiger partial charge in [-0.1, -0.05) is 0 Å². The maximum atomic E-state index is 5.75. The van der Waals surface area contributed by atoms with Crippen LogP contribution in [0.2, 0.25) is 0 Å². The minimum Gasteiger partial charge on any atom is -0.492 e. The first kappa shape index (κ1) is 13.6. The minimum absolute atomic E-state index is 0.0696. The molecule has 1 aromatic rings. The van der Waals surface area contributed by atoms with Crippen molar-refractivity contribution in [3.05, 3.63) is 22.2 Å². The van der Waals surface area contributed by atoms with Crippen molar-refractivity contribution < 1.29 is 14.2 Å². The summed E-state index contributed by atoms with van der Waals surface area (Å²) in [4.78, 5) is 0. The molecule has 1 aliphatic rings. The predicted octanol–water partition coefficient (Wildman–Crippen LogP) is 2.52. The van der Waals surface area contributed by atoms with Crippen molar-refractivity contribution in [3.8, 4) is 11.5 Å². The molecule has 0 saturated carbocycles. The van der Waals surface area contributed by atoms with Crippen LogP contribution in [0, 0.1) is 0 Å². The van der Waals surface area contributed by atoms with E-state index >= 15 is 0 Å². The summed E-state index contributed by atoms with van der Waals surface area (Å²) in [6, 6.07) is 4.02. The second-order valence-corrected chi connectivity index (χ2v) is 4.89. The van der Waals surface area contributed by atoms with Crippen LogP contribution >= 0.6 is 15.9 Å². The molecular weight excluding hydrogens is 298 g/mol. The van der Waals surface area contributed by atoms with Crippen molar-refractivity contribution in [2.45, 2.75) is 13.0 Å². The van der Waals surface area contributed by atoms with E-state index in [4.69, 9.17) is 14.2 Å². The Morgan fingerprint density at radius 3 is 2.94 bits per heavy atom. The van der Waals surface area contributed by atoms with Gasteiger partial charge in [-0.15, -0.1) is 0 Å². The number of methoxy groups -OCH3 is 1. The van der Waals surface area contributed by atoms with Gasteiger partial charge >= 0.3 is 0 Å². The molecule has 4 nitrogen and oxygen atoms in total. The highest BCUT2D eigenvalue weighted by Crippen LogP contribution is 2.38. The molecule has 1 saturated heterocycles. The van der Waals surface area contributed by atoms with E-state index in [2.05, 4.69) is 21.2 Å². The third-order valence-electron chi connectivity index (χ3n) is 2.84. The van der Waals surface area contributed by atoms with Crippen molar-refractivity contribution in [1.29, 1.82) is 0 Å². The molecule has 5 heteroatoms. The van der Waals surface area contributed by atoms with E-state index in [1.807, 2.05) is 19.1 Å². The Labute approximate surface area is 116 Å². The Kier molecular flexibility index (Phi) is 4.86. The van der Waals surface area contributed by atoms with Gasteiger partial charge in [0.05, 0.1) is 30.9 Å². The molecule has 0 aliphatic carbocycles. The summed E-state index contributed by atoms with van der Waals surface area (Å²) in [5, 5.41) is 3.32. The van der Waals surface area contributed by atoms with E-state index in [0.29, 0.717) is 6.61 Å². The number of benzene rings is 1. The first-order chi connectivity index (χ1) is 8.76. The van der Waals surface area contributed by atoms with Crippen LogP contribution in [-0.4, -0.2) is 33.4 Å². The molecular formula is C13H18BrNO3. The monoisotopic (exact) mass is 315 g/mol. The lowest BCUT2D eigenvalue weighted by atomic mass is 10.1. The predicted molar refractivity (Wildman–Crippen MR) is 73.4 cm³/mol. The van der Waals surface area contributed by atoms with Crippen molar-refractivity contribution in [2.75, 3.05) is 33.4 Å². The van der Waals surface area contributed by atoms with E-state index in [1.54, 1.807) is 7.11 Å². The maximum Gasteiger partial charge on any atom is 0.174 e. The van der Waals surface area contributed by atoms with E-state index in [9.17, 15) is 0 Å². The molecule has 0 amide bonds. The van der Waals surface area contributed by atoms with Crippen LogP contribution in [0.4, 0.5) is 0 Å². The van der Waals surface area contributed by atoms with Gasteiger partial charge in [-0.05, 0) is 40.5 Å². The van der Waals surface area contributed by atoms with E-state index in [0.717, 1.165) is 41.2 Å². The molecule has 1 atom stereocenters. The van der Waals surface area contributed by atoms with Crippen LogP contribution in [-0.2, 0) is 4.74 Å². The lowest BCUT2D eigenvalue weighted by Gasteiger charge is -2.25. The number of ether oxygens (including phenoxy) is 3. The van der Waals surface area contributed by atoms with Crippen LogP contribution in [0.5, 0.6) is 11.5 Å². The Hall–Kier alpha value is -0.780. The van der Waals surface area contributed by atoms with Crippen LogP contribution in [0.1, 0.15) is 18.6 Å². The molecule has 0 aromatic heterocycles. The largest absolute Gasteiger partial charge is 0.492 e. The molecule has 0 radical (unpaired) electrons. The Balaban J connectivity index is 2.30. The van der Waals surface area contributed by atoms with Gasteiger partial charge in [0, 0.05) is 13.1 Å². The summed E-state index contributed by atoms with van der Waals surface area (Å²) in [5.41, 5.74) is 1.10. The fraction of sp³-hybridized carbons (Fsp3) is 0.538.